The van der Waals surface area contributed by atoms with Crippen LogP contribution >= 0.6 is 0 Å². The molecule has 2 rings (SSSR count). The van der Waals surface area contributed by atoms with Crippen LogP contribution in [-0.2, 0) is 6.42 Å². The first-order chi connectivity index (χ1) is 7.78. The highest BCUT2D eigenvalue weighted by Crippen LogP contribution is 2.12. The zero-order chi connectivity index (χ0) is 11.4. The van der Waals surface area contributed by atoms with E-state index in [1.54, 1.807) is 0 Å². The van der Waals surface area contributed by atoms with Crippen LogP contribution < -0.4 is 10.6 Å². The SMILES string of the molecule is CCc1cc(NC2CCCNC2)nc(C)n1. The van der Waals surface area contributed by atoms with E-state index in [-0.39, 0.29) is 0 Å². The third-order valence-corrected chi connectivity index (χ3v) is 2.90. The highest BCUT2D eigenvalue weighted by atomic mass is 15.1. The smallest absolute Gasteiger partial charge is 0.130 e. The molecule has 4 nitrogen and oxygen atoms in total. The Morgan fingerprint density at radius 3 is 3.06 bits per heavy atom. The maximum atomic E-state index is 4.43. The van der Waals surface area contributed by atoms with Gasteiger partial charge in [0.15, 0.2) is 0 Å². The van der Waals surface area contributed by atoms with E-state index >= 15 is 0 Å². The number of aromatic nitrogens is 2. The lowest BCUT2D eigenvalue weighted by Gasteiger charge is -2.24. The molecule has 4 heteroatoms. The van der Waals surface area contributed by atoms with Gasteiger partial charge in [-0.25, -0.2) is 9.97 Å². The van der Waals surface area contributed by atoms with Crippen molar-refractivity contribution in [1.82, 2.24) is 15.3 Å². The standard InChI is InChI=1S/C12H20N4/c1-3-10-7-12(15-9(2)14-10)16-11-5-4-6-13-8-11/h7,11,13H,3-6,8H2,1-2H3,(H,14,15,16). The molecule has 1 aliphatic rings. The second kappa shape index (κ2) is 5.25. The van der Waals surface area contributed by atoms with Crippen molar-refractivity contribution in [3.63, 3.8) is 0 Å². The second-order valence-electron chi connectivity index (χ2n) is 4.33. The Labute approximate surface area is 96.9 Å². The number of aryl methyl sites for hydroxylation is 2. The number of nitrogens with zero attached hydrogens (tertiary/aromatic N) is 2. The summed E-state index contributed by atoms with van der Waals surface area (Å²) in [4.78, 5) is 8.80. The lowest BCUT2D eigenvalue weighted by atomic mass is 10.1. The normalized spacial score (nSPS) is 20.8. The van der Waals surface area contributed by atoms with E-state index in [2.05, 4.69) is 33.6 Å². The third kappa shape index (κ3) is 2.92. The molecule has 1 unspecified atom stereocenters. The highest BCUT2D eigenvalue weighted by Gasteiger charge is 2.13. The van der Waals surface area contributed by atoms with Crippen LogP contribution in [0.4, 0.5) is 5.82 Å². The van der Waals surface area contributed by atoms with Crippen LogP contribution in [0.1, 0.15) is 31.3 Å². The predicted molar refractivity (Wildman–Crippen MR) is 65.7 cm³/mol. The minimum absolute atomic E-state index is 0.507. The lowest BCUT2D eigenvalue weighted by Crippen LogP contribution is -2.38. The van der Waals surface area contributed by atoms with Gasteiger partial charge >= 0.3 is 0 Å². The van der Waals surface area contributed by atoms with Crippen LogP contribution in [0.15, 0.2) is 6.07 Å². The average Bonchev–Trinajstić information content (AvgIpc) is 2.29. The van der Waals surface area contributed by atoms with Gasteiger partial charge < -0.3 is 10.6 Å². The molecule has 0 aromatic carbocycles. The van der Waals surface area contributed by atoms with Crippen LogP contribution in [0.3, 0.4) is 0 Å². The quantitative estimate of drug-likeness (QED) is 0.810. The second-order valence-corrected chi connectivity index (χ2v) is 4.33. The summed E-state index contributed by atoms with van der Waals surface area (Å²) >= 11 is 0. The molecule has 1 saturated heterocycles. The maximum absolute atomic E-state index is 4.43. The van der Waals surface area contributed by atoms with Gasteiger partial charge in [0, 0.05) is 24.3 Å². The molecule has 0 amide bonds. The van der Waals surface area contributed by atoms with Crippen LogP contribution in [-0.4, -0.2) is 29.1 Å². The topological polar surface area (TPSA) is 49.8 Å². The number of rotatable bonds is 3. The minimum atomic E-state index is 0.507. The van der Waals surface area contributed by atoms with Crippen molar-refractivity contribution < 1.29 is 0 Å². The molecule has 1 aromatic heterocycles. The average molecular weight is 220 g/mol. The Bertz CT molecular complexity index is 345. The van der Waals surface area contributed by atoms with Crippen molar-refractivity contribution in [3.05, 3.63) is 17.6 Å². The first kappa shape index (κ1) is 11.3. The fraction of sp³-hybridized carbons (Fsp3) is 0.667. The Hall–Kier alpha value is -1.16. The number of hydrogen-bond donors (Lipinski definition) is 2. The summed E-state index contributed by atoms with van der Waals surface area (Å²) in [5.74, 6) is 1.82. The van der Waals surface area contributed by atoms with Crippen molar-refractivity contribution in [2.75, 3.05) is 18.4 Å². The van der Waals surface area contributed by atoms with E-state index in [1.165, 1.54) is 12.8 Å². The summed E-state index contributed by atoms with van der Waals surface area (Å²) < 4.78 is 0. The van der Waals surface area contributed by atoms with E-state index in [9.17, 15) is 0 Å². The van der Waals surface area contributed by atoms with Gasteiger partial charge in [-0.1, -0.05) is 6.92 Å². The minimum Gasteiger partial charge on any atom is -0.366 e. The van der Waals surface area contributed by atoms with E-state index in [0.29, 0.717) is 6.04 Å². The van der Waals surface area contributed by atoms with E-state index in [0.717, 1.165) is 36.8 Å². The number of anilines is 1. The zero-order valence-electron chi connectivity index (χ0n) is 10.1. The van der Waals surface area contributed by atoms with E-state index in [4.69, 9.17) is 0 Å². The monoisotopic (exact) mass is 220 g/mol. The summed E-state index contributed by atoms with van der Waals surface area (Å²) in [6, 6.07) is 2.56. The molecule has 88 valence electrons. The third-order valence-electron chi connectivity index (χ3n) is 2.90. The summed E-state index contributed by atoms with van der Waals surface area (Å²) in [6.45, 7) is 6.24. The van der Waals surface area contributed by atoms with Crippen LogP contribution in [0.25, 0.3) is 0 Å². The van der Waals surface area contributed by atoms with Crippen molar-refractivity contribution in [2.24, 2.45) is 0 Å². The lowest BCUT2D eigenvalue weighted by molar-refractivity contribution is 0.479. The molecule has 1 aromatic rings. The van der Waals surface area contributed by atoms with E-state index in [1.807, 2.05) is 6.92 Å². The summed E-state index contributed by atoms with van der Waals surface area (Å²) in [5.41, 5.74) is 1.11. The summed E-state index contributed by atoms with van der Waals surface area (Å²) in [6.07, 6.45) is 3.42. The van der Waals surface area contributed by atoms with Gasteiger partial charge in [0.05, 0.1) is 0 Å². The molecule has 1 aliphatic heterocycles. The largest absolute Gasteiger partial charge is 0.366 e. The van der Waals surface area contributed by atoms with Gasteiger partial charge in [0.25, 0.3) is 0 Å². The van der Waals surface area contributed by atoms with Gasteiger partial charge in [0.1, 0.15) is 11.6 Å². The van der Waals surface area contributed by atoms with E-state index < -0.39 is 0 Å². The van der Waals surface area contributed by atoms with Crippen molar-refractivity contribution in [3.8, 4) is 0 Å². The van der Waals surface area contributed by atoms with Gasteiger partial charge in [0.2, 0.25) is 0 Å². The van der Waals surface area contributed by atoms with Crippen LogP contribution in [0.2, 0.25) is 0 Å². The first-order valence-electron chi connectivity index (χ1n) is 6.09. The molecule has 0 bridgehead atoms. The van der Waals surface area contributed by atoms with Crippen molar-refractivity contribution >= 4 is 5.82 Å². The Morgan fingerprint density at radius 2 is 2.38 bits per heavy atom. The Kier molecular flexibility index (Phi) is 3.72. The number of hydrogen-bond acceptors (Lipinski definition) is 4. The first-order valence-corrected chi connectivity index (χ1v) is 6.09. The maximum Gasteiger partial charge on any atom is 0.130 e. The van der Waals surface area contributed by atoms with Gasteiger partial charge in [-0.05, 0) is 32.7 Å². The van der Waals surface area contributed by atoms with Gasteiger partial charge in [-0.2, -0.15) is 0 Å². The Balaban J connectivity index is 2.04. The van der Waals surface area contributed by atoms with Crippen molar-refractivity contribution in [1.29, 1.82) is 0 Å². The molecular formula is C12H20N4. The summed E-state index contributed by atoms with van der Waals surface area (Å²) in [7, 11) is 0. The molecule has 1 atom stereocenters. The van der Waals surface area contributed by atoms with Crippen LogP contribution in [0, 0.1) is 6.92 Å². The molecule has 0 aliphatic carbocycles. The molecule has 0 spiro atoms. The summed E-state index contributed by atoms with van der Waals surface area (Å²) in [5, 5.41) is 6.88. The molecule has 0 radical (unpaired) electrons. The fourth-order valence-electron chi connectivity index (χ4n) is 2.07. The highest BCUT2D eigenvalue weighted by molar-refractivity contribution is 5.37. The van der Waals surface area contributed by atoms with Crippen LogP contribution in [0.5, 0.6) is 0 Å². The molecule has 1 fully saturated rings. The molecule has 0 saturated carbocycles. The Morgan fingerprint density at radius 1 is 1.50 bits per heavy atom. The van der Waals surface area contributed by atoms with Crippen molar-refractivity contribution in [2.45, 2.75) is 39.2 Å². The van der Waals surface area contributed by atoms with Gasteiger partial charge in [-0.15, -0.1) is 0 Å². The molecular weight excluding hydrogens is 200 g/mol. The zero-order valence-corrected chi connectivity index (χ0v) is 10.1. The molecule has 2 N–H and O–H groups in total. The number of piperidine rings is 1. The molecule has 16 heavy (non-hydrogen) atoms. The predicted octanol–water partition coefficient (Wildman–Crippen LogP) is 1.51. The fourth-order valence-corrected chi connectivity index (χ4v) is 2.07. The molecule has 2 heterocycles. The van der Waals surface area contributed by atoms with Gasteiger partial charge in [-0.3, -0.25) is 0 Å². The number of nitrogens with one attached hydrogen (secondary N) is 2.